The lowest BCUT2D eigenvalue weighted by molar-refractivity contribution is -0.870. The first-order chi connectivity index (χ1) is 32.0. The standard InChI is InChI=1S/C56H108NO8P/c1-6-8-10-12-14-16-18-20-22-24-26-28-30-32-34-36-38-40-42-44-46-48-55(58)62-52-54(53-64-66(60,61)63-51-50-57(3,4)5)65-56(59)49-47-45-43-41-39-37-35-33-31-29-27-25-23-21-19-17-15-13-11-9-7-2/h46-49,54H,6-45,50-53H2,1-5H3/p+1/t54-/m1/s1. The summed E-state index contributed by atoms with van der Waals surface area (Å²) in [6.07, 6.45) is 57.7. The Bertz CT molecular complexity index is 1170. The second-order valence-corrected chi connectivity index (χ2v) is 21.9. The zero-order valence-corrected chi connectivity index (χ0v) is 45.1. The van der Waals surface area contributed by atoms with Crippen molar-refractivity contribution in [2.24, 2.45) is 0 Å². The maximum atomic E-state index is 12.7. The number of rotatable bonds is 52. The average molecular weight is 955 g/mol. The highest BCUT2D eigenvalue weighted by molar-refractivity contribution is 7.47. The molecule has 0 aromatic heterocycles. The lowest BCUT2D eigenvalue weighted by Crippen LogP contribution is -2.37. The number of quaternary nitrogens is 1. The van der Waals surface area contributed by atoms with Crippen molar-refractivity contribution in [2.75, 3.05) is 47.5 Å². The van der Waals surface area contributed by atoms with Gasteiger partial charge in [0.25, 0.3) is 0 Å². The molecule has 0 rings (SSSR count). The van der Waals surface area contributed by atoms with Gasteiger partial charge in [-0.3, -0.25) is 9.05 Å². The Hall–Kier alpha value is -1.51. The molecule has 10 heteroatoms. The van der Waals surface area contributed by atoms with Crippen LogP contribution in [0.5, 0.6) is 0 Å². The van der Waals surface area contributed by atoms with Gasteiger partial charge in [0.15, 0.2) is 6.10 Å². The summed E-state index contributed by atoms with van der Waals surface area (Å²) in [4.78, 5) is 35.4. The number of phosphoric acid groups is 1. The van der Waals surface area contributed by atoms with E-state index in [2.05, 4.69) is 13.8 Å². The minimum Gasteiger partial charge on any atom is -0.458 e. The number of likely N-dealkylation sites (N-methyl/N-ethyl adjacent to an activating group) is 1. The Labute approximate surface area is 409 Å². The van der Waals surface area contributed by atoms with E-state index in [0.717, 1.165) is 38.5 Å². The van der Waals surface area contributed by atoms with Crippen molar-refractivity contribution in [3.05, 3.63) is 24.3 Å². The molecule has 0 radical (unpaired) electrons. The van der Waals surface area contributed by atoms with Gasteiger partial charge in [0.1, 0.15) is 19.8 Å². The molecule has 0 heterocycles. The third kappa shape index (κ3) is 51.9. The molecule has 66 heavy (non-hydrogen) atoms. The number of allylic oxidation sites excluding steroid dienone is 2. The maximum absolute atomic E-state index is 12.7. The van der Waals surface area contributed by atoms with Crippen LogP contribution in [0.15, 0.2) is 24.3 Å². The Morgan fingerprint density at radius 1 is 0.455 bits per heavy atom. The summed E-state index contributed by atoms with van der Waals surface area (Å²) in [5.41, 5.74) is 0. The molecule has 0 bridgehead atoms. The van der Waals surface area contributed by atoms with E-state index in [1.54, 1.807) is 6.08 Å². The summed E-state index contributed by atoms with van der Waals surface area (Å²) >= 11 is 0. The van der Waals surface area contributed by atoms with Crippen molar-refractivity contribution in [3.8, 4) is 0 Å². The molecule has 0 aliphatic heterocycles. The van der Waals surface area contributed by atoms with E-state index in [4.69, 9.17) is 18.5 Å². The fourth-order valence-corrected chi connectivity index (χ4v) is 8.97. The van der Waals surface area contributed by atoms with Crippen molar-refractivity contribution >= 4 is 19.8 Å². The third-order valence-corrected chi connectivity index (χ3v) is 13.6. The first-order valence-corrected chi connectivity index (χ1v) is 29.6. The van der Waals surface area contributed by atoms with E-state index in [0.29, 0.717) is 11.0 Å². The normalized spacial score (nSPS) is 13.5. The third-order valence-electron chi connectivity index (χ3n) is 12.6. The monoisotopic (exact) mass is 955 g/mol. The molecule has 0 aliphatic carbocycles. The van der Waals surface area contributed by atoms with Crippen LogP contribution < -0.4 is 0 Å². The Kier molecular flexibility index (Phi) is 47.4. The maximum Gasteiger partial charge on any atom is 0.472 e. The van der Waals surface area contributed by atoms with Gasteiger partial charge in [-0.05, 0) is 25.7 Å². The van der Waals surface area contributed by atoms with E-state index in [1.165, 1.54) is 230 Å². The SMILES string of the molecule is CCCCCCCCCCCCCCCCCCCCCC=CC(=O)OC[C@H](COP(=O)(O)OCC[N+](C)(C)C)OC(=O)C=CCCCCCCCCCCCCCCCCCCCCC. The van der Waals surface area contributed by atoms with Crippen molar-refractivity contribution in [2.45, 2.75) is 277 Å². The minimum atomic E-state index is -4.41. The molecule has 0 fully saturated rings. The Morgan fingerprint density at radius 3 is 1.08 bits per heavy atom. The lowest BCUT2D eigenvalue weighted by atomic mass is 10.0. The van der Waals surface area contributed by atoms with E-state index < -0.39 is 32.5 Å². The van der Waals surface area contributed by atoms with Gasteiger partial charge in [0.2, 0.25) is 0 Å². The molecular weight excluding hydrogens is 846 g/mol. The van der Waals surface area contributed by atoms with Crippen LogP contribution in [-0.4, -0.2) is 74.9 Å². The first kappa shape index (κ1) is 64.5. The van der Waals surface area contributed by atoms with Gasteiger partial charge in [-0.25, -0.2) is 14.2 Å². The summed E-state index contributed by atoms with van der Waals surface area (Å²) in [7, 11) is 1.43. The van der Waals surface area contributed by atoms with Gasteiger partial charge in [-0.15, -0.1) is 0 Å². The van der Waals surface area contributed by atoms with E-state index in [-0.39, 0.29) is 13.2 Å². The van der Waals surface area contributed by atoms with Crippen LogP contribution in [0.25, 0.3) is 0 Å². The van der Waals surface area contributed by atoms with Gasteiger partial charge in [-0.1, -0.05) is 257 Å². The predicted octanol–water partition coefficient (Wildman–Crippen LogP) is 17.0. The van der Waals surface area contributed by atoms with E-state index >= 15 is 0 Å². The number of hydrogen-bond acceptors (Lipinski definition) is 7. The molecule has 1 unspecified atom stereocenters. The van der Waals surface area contributed by atoms with Crippen LogP contribution in [0.1, 0.15) is 271 Å². The van der Waals surface area contributed by atoms with Crippen LogP contribution in [0.4, 0.5) is 0 Å². The van der Waals surface area contributed by atoms with Crippen LogP contribution >= 0.6 is 7.82 Å². The molecule has 0 saturated carbocycles. The molecular formula is C56H109NO8P+. The molecule has 390 valence electrons. The number of carbonyl (C=O) groups is 2. The summed E-state index contributed by atoms with van der Waals surface area (Å²) in [6.45, 7) is 4.32. The number of hydrogen-bond donors (Lipinski definition) is 1. The van der Waals surface area contributed by atoms with Crippen LogP contribution in [0.2, 0.25) is 0 Å². The Morgan fingerprint density at radius 2 is 0.758 bits per heavy atom. The molecule has 0 spiro atoms. The number of unbranched alkanes of at least 4 members (excludes halogenated alkanes) is 38. The molecule has 0 saturated heterocycles. The average Bonchev–Trinajstić information content (AvgIpc) is 3.27. The zero-order valence-electron chi connectivity index (χ0n) is 44.2. The van der Waals surface area contributed by atoms with Crippen molar-refractivity contribution in [1.82, 2.24) is 0 Å². The van der Waals surface area contributed by atoms with Crippen molar-refractivity contribution < 1.29 is 42.1 Å². The summed E-state index contributed by atoms with van der Waals surface area (Å²) in [5, 5.41) is 0. The molecule has 0 amide bonds. The van der Waals surface area contributed by atoms with Gasteiger partial charge < -0.3 is 18.9 Å². The summed E-state index contributed by atoms with van der Waals surface area (Å²) in [6, 6.07) is 0. The number of phosphoric ester groups is 1. The fourth-order valence-electron chi connectivity index (χ4n) is 8.23. The van der Waals surface area contributed by atoms with Gasteiger partial charge in [0, 0.05) is 12.2 Å². The second kappa shape index (κ2) is 48.5. The number of esters is 2. The van der Waals surface area contributed by atoms with Crippen LogP contribution in [0.3, 0.4) is 0 Å². The summed E-state index contributed by atoms with van der Waals surface area (Å²) < 4.78 is 34.3. The van der Waals surface area contributed by atoms with Crippen molar-refractivity contribution in [3.63, 3.8) is 0 Å². The topological polar surface area (TPSA) is 108 Å². The number of carbonyl (C=O) groups excluding carboxylic acids is 2. The minimum absolute atomic E-state index is 0.0171. The molecule has 0 aromatic carbocycles. The van der Waals surface area contributed by atoms with E-state index in [1.807, 2.05) is 27.2 Å². The highest BCUT2D eigenvalue weighted by Crippen LogP contribution is 2.43. The lowest BCUT2D eigenvalue weighted by Gasteiger charge is -2.24. The fraction of sp³-hybridized carbons (Fsp3) is 0.893. The van der Waals surface area contributed by atoms with Gasteiger partial charge >= 0.3 is 19.8 Å². The first-order valence-electron chi connectivity index (χ1n) is 28.1. The highest BCUT2D eigenvalue weighted by atomic mass is 31.2. The molecule has 1 N–H and O–H groups in total. The van der Waals surface area contributed by atoms with Crippen LogP contribution in [-0.2, 0) is 32.7 Å². The van der Waals surface area contributed by atoms with Gasteiger partial charge in [0.05, 0.1) is 27.7 Å². The smallest absolute Gasteiger partial charge is 0.458 e. The van der Waals surface area contributed by atoms with Gasteiger partial charge in [-0.2, -0.15) is 0 Å². The van der Waals surface area contributed by atoms with Crippen molar-refractivity contribution in [1.29, 1.82) is 0 Å². The highest BCUT2D eigenvalue weighted by Gasteiger charge is 2.26. The molecule has 0 aromatic rings. The largest absolute Gasteiger partial charge is 0.472 e. The predicted molar refractivity (Wildman–Crippen MR) is 280 cm³/mol. The number of nitrogens with zero attached hydrogens (tertiary/aromatic N) is 1. The number of ether oxygens (including phenoxy) is 2. The quantitative estimate of drug-likeness (QED) is 0.0211. The zero-order chi connectivity index (χ0) is 48.5. The van der Waals surface area contributed by atoms with E-state index in [9.17, 15) is 19.0 Å². The summed E-state index contributed by atoms with van der Waals surface area (Å²) in [5.74, 6) is -1.17. The molecule has 0 aliphatic rings. The Balaban J connectivity index is 4.24. The molecule has 2 atom stereocenters. The second-order valence-electron chi connectivity index (χ2n) is 20.4. The van der Waals surface area contributed by atoms with Crippen LogP contribution in [0, 0.1) is 0 Å². The molecule has 9 nitrogen and oxygen atoms in total.